The van der Waals surface area contributed by atoms with Crippen molar-refractivity contribution in [1.29, 1.82) is 0 Å². The van der Waals surface area contributed by atoms with Gasteiger partial charge in [0.15, 0.2) is 23.3 Å². The van der Waals surface area contributed by atoms with E-state index in [4.69, 9.17) is 4.74 Å². The normalized spacial score (nSPS) is 12.4. The Bertz CT molecular complexity index is 506. The molecule has 1 atom stereocenters. The van der Waals surface area contributed by atoms with Crippen LogP contribution in [0.1, 0.15) is 20.8 Å². The van der Waals surface area contributed by atoms with E-state index < -0.39 is 41.0 Å². The molecule has 0 aliphatic carbocycles. The van der Waals surface area contributed by atoms with Gasteiger partial charge in [-0.1, -0.05) is 13.8 Å². The number of anilines is 1. The predicted molar refractivity (Wildman–Crippen MR) is 65.2 cm³/mol. The van der Waals surface area contributed by atoms with E-state index in [9.17, 15) is 22.4 Å². The maximum Gasteiger partial charge on any atom is 0.328 e. The van der Waals surface area contributed by atoms with Crippen LogP contribution in [0.5, 0.6) is 0 Å². The van der Waals surface area contributed by atoms with Crippen LogP contribution in [0.3, 0.4) is 0 Å². The zero-order valence-electron chi connectivity index (χ0n) is 11.3. The van der Waals surface area contributed by atoms with E-state index in [1.165, 1.54) is 0 Å². The maximum absolute atomic E-state index is 13.5. The van der Waals surface area contributed by atoms with E-state index in [2.05, 4.69) is 5.32 Å². The summed E-state index contributed by atoms with van der Waals surface area (Å²) < 4.78 is 57.3. The second kappa shape index (κ2) is 6.58. The number of halogens is 4. The van der Waals surface area contributed by atoms with E-state index in [0.29, 0.717) is 6.07 Å². The number of hydrogen-bond acceptors (Lipinski definition) is 3. The van der Waals surface area contributed by atoms with Gasteiger partial charge in [0.2, 0.25) is 0 Å². The standard InChI is InChI=1S/C13H15F4NO2/c1-4-20-13(19)12(6(2)3)18-8-5-7(14)9(15)11(17)10(8)16/h5-6,12,18H,4H2,1-3H3. The fraction of sp³-hybridized carbons (Fsp3) is 0.462. The predicted octanol–water partition coefficient (Wildman–Crippen LogP) is 3.24. The van der Waals surface area contributed by atoms with E-state index in [1.54, 1.807) is 20.8 Å². The van der Waals surface area contributed by atoms with Gasteiger partial charge in [-0.05, 0) is 12.8 Å². The molecule has 1 N–H and O–H groups in total. The fourth-order valence-electron chi connectivity index (χ4n) is 1.58. The van der Waals surface area contributed by atoms with Gasteiger partial charge in [-0.25, -0.2) is 22.4 Å². The van der Waals surface area contributed by atoms with Crippen molar-refractivity contribution in [2.75, 3.05) is 11.9 Å². The van der Waals surface area contributed by atoms with E-state index in [-0.39, 0.29) is 12.5 Å². The summed E-state index contributed by atoms with van der Waals surface area (Å²) in [7, 11) is 0. The molecule has 1 unspecified atom stereocenters. The average Bonchev–Trinajstić information content (AvgIpc) is 2.38. The molecule has 1 rings (SSSR count). The van der Waals surface area contributed by atoms with Crippen LogP contribution in [0.2, 0.25) is 0 Å². The van der Waals surface area contributed by atoms with Gasteiger partial charge in [0.25, 0.3) is 0 Å². The number of rotatable bonds is 5. The Morgan fingerprint density at radius 2 is 1.80 bits per heavy atom. The third kappa shape index (κ3) is 3.40. The third-order valence-corrected chi connectivity index (χ3v) is 2.62. The summed E-state index contributed by atoms with van der Waals surface area (Å²) in [6, 6.07) is -0.545. The van der Waals surface area contributed by atoms with Crippen LogP contribution in [-0.4, -0.2) is 18.6 Å². The molecule has 1 aromatic rings. The number of nitrogens with one attached hydrogen (secondary N) is 1. The van der Waals surface area contributed by atoms with Crippen molar-refractivity contribution in [2.45, 2.75) is 26.8 Å². The summed E-state index contributed by atoms with van der Waals surface area (Å²) in [5.41, 5.74) is -0.631. The number of hydrogen-bond donors (Lipinski definition) is 1. The third-order valence-electron chi connectivity index (χ3n) is 2.62. The number of carbonyl (C=O) groups excluding carboxylic acids is 1. The first-order valence-corrected chi connectivity index (χ1v) is 6.05. The molecule has 0 saturated carbocycles. The summed E-state index contributed by atoms with van der Waals surface area (Å²) in [5, 5.41) is 2.34. The summed E-state index contributed by atoms with van der Waals surface area (Å²) in [5.74, 6) is -7.97. The van der Waals surface area contributed by atoms with Gasteiger partial charge >= 0.3 is 5.97 Å². The topological polar surface area (TPSA) is 38.3 Å². The lowest BCUT2D eigenvalue weighted by Gasteiger charge is -2.22. The lowest BCUT2D eigenvalue weighted by molar-refractivity contribution is -0.145. The van der Waals surface area contributed by atoms with Gasteiger partial charge in [0.05, 0.1) is 12.3 Å². The quantitative estimate of drug-likeness (QED) is 0.392. The molecular weight excluding hydrogens is 278 g/mol. The van der Waals surface area contributed by atoms with Crippen LogP contribution in [0, 0.1) is 29.2 Å². The van der Waals surface area contributed by atoms with Crippen LogP contribution in [0.25, 0.3) is 0 Å². The molecule has 0 saturated heterocycles. The summed E-state index contributed by atoms with van der Waals surface area (Å²) in [6.07, 6.45) is 0. The second-order valence-electron chi connectivity index (χ2n) is 4.47. The Balaban J connectivity index is 3.09. The van der Waals surface area contributed by atoms with Crippen LogP contribution >= 0.6 is 0 Å². The van der Waals surface area contributed by atoms with Gasteiger partial charge in [-0.3, -0.25) is 0 Å². The van der Waals surface area contributed by atoms with Crippen molar-refractivity contribution in [3.05, 3.63) is 29.3 Å². The monoisotopic (exact) mass is 293 g/mol. The number of carbonyl (C=O) groups is 1. The molecule has 0 heterocycles. The molecule has 112 valence electrons. The molecule has 0 aliphatic rings. The molecule has 0 radical (unpaired) electrons. The highest BCUT2D eigenvalue weighted by atomic mass is 19.2. The lowest BCUT2D eigenvalue weighted by Crippen LogP contribution is -2.36. The van der Waals surface area contributed by atoms with E-state index in [1.807, 2.05) is 0 Å². The van der Waals surface area contributed by atoms with Crippen LogP contribution < -0.4 is 5.32 Å². The molecule has 7 heteroatoms. The molecule has 20 heavy (non-hydrogen) atoms. The van der Waals surface area contributed by atoms with Crippen molar-refractivity contribution in [3.8, 4) is 0 Å². The Morgan fingerprint density at radius 3 is 2.30 bits per heavy atom. The van der Waals surface area contributed by atoms with Gasteiger partial charge < -0.3 is 10.1 Å². The molecule has 0 bridgehead atoms. The number of ether oxygens (including phenoxy) is 1. The fourth-order valence-corrected chi connectivity index (χ4v) is 1.58. The Labute approximate surface area is 113 Å². The molecular formula is C13H15F4NO2. The minimum absolute atomic E-state index is 0.109. The highest BCUT2D eigenvalue weighted by molar-refractivity contribution is 5.79. The zero-order valence-corrected chi connectivity index (χ0v) is 11.3. The maximum atomic E-state index is 13.5. The van der Waals surface area contributed by atoms with Crippen molar-refractivity contribution in [3.63, 3.8) is 0 Å². The van der Waals surface area contributed by atoms with Crippen molar-refractivity contribution in [2.24, 2.45) is 5.92 Å². The smallest absolute Gasteiger partial charge is 0.328 e. The number of benzene rings is 1. The zero-order chi connectivity index (χ0) is 15.4. The first-order chi connectivity index (χ1) is 9.29. The first-order valence-electron chi connectivity index (χ1n) is 6.05. The minimum atomic E-state index is -1.93. The Morgan fingerprint density at radius 1 is 1.20 bits per heavy atom. The van der Waals surface area contributed by atoms with Crippen LogP contribution in [0.15, 0.2) is 6.07 Å². The lowest BCUT2D eigenvalue weighted by atomic mass is 10.0. The summed E-state index contributed by atoms with van der Waals surface area (Å²) >= 11 is 0. The van der Waals surface area contributed by atoms with Gasteiger partial charge in [-0.2, -0.15) is 0 Å². The van der Waals surface area contributed by atoms with Crippen LogP contribution in [0.4, 0.5) is 23.2 Å². The molecule has 0 aliphatic heterocycles. The molecule has 0 spiro atoms. The highest BCUT2D eigenvalue weighted by Crippen LogP contribution is 2.24. The highest BCUT2D eigenvalue weighted by Gasteiger charge is 2.27. The minimum Gasteiger partial charge on any atom is -0.464 e. The van der Waals surface area contributed by atoms with Crippen LogP contribution in [-0.2, 0) is 9.53 Å². The van der Waals surface area contributed by atoms with Crippen molar-refractivity contribution >= 4 is 11.7 Å². The largest absolute Gasteiger partial charge is 0.464 e. The van der Waals surface area contributed by atoms with E-state index >= 15 is 0 Å². The van der Waals surface area contributed by atoms with Crippen molar-refractivity contribution in [1.82, 2.24) is 0 Å². The average molecular weight is 293 g/mol. The summed E-state index contributed by atoms with van der Waals surface area (Å²) in [6.45, 7) is 4.98. The molecule has 0 amide bonds. The molecule has 3 nitrogen and oxygen atoms in total. The second-order valence-corrected chi connectivity index (χ2v) is 4.47. The van der Waals surface area contributed by atoms with Crippen molar-refractivity contribution < 1.29 is 27.1 Å². The summed E-state index contributed by atoms with van der Waals surface area (Å²) in [4.78, 5) is 11.7. The first kappa shape index (κ1) is 16.3. The SMILES string of the molecule is CCOC(=O)C(Nc1cc(F)c(F)c(F)c1F)C(C)C. The van der Waals surface area contributed by atoms with E-state index in [0.717, 1.165) is 0 Å². The number of esters is 1. The van der Waals surface area contributed by atoms with Gasteiger partial charge in [0, 0.05) is 6.07 Å². The Hall–Kier alpha value is -1.79. The molecule has 0 fully saturated rings. The molecule has 0 aromatic heterocycles. The Kier molecular flexibility index (Phi) is 5.35. The molecule has 1 aromatic carbocycles. The van der Waals surface area contributed by atoms with Gasteiger partial charge in [0.1, 0.15) is 6.04 Å². The van der Waals surface area contributed by atoms with Gasteiger partial charge in [-0.15, -0.1) is 0 Å².